The number of nitrogens with zero attached hydrogens (tertiary/aromatic N) is 3. The molecule has 2 atom stereocenters. The minimum absolute atomic E-state index is 0.00171. The van der Waals surface area contributed by atoms with E-state index >= 15 is 0 Å². The number of furan rings is 1. The highest BCUT2D eigenvalue weighted by molar-refractivity contribution is 7.00. The normalized spacial score (nSPS) is 19.0. The molecule has 412 valence electrons. The van der Waals surface area contributed by atoms with Gasteiger partial charge in [0, 0.05) is 55.9 Å². The van der Waals surface area contributed by atoms with E-state index in [0.717, 1.165) is 51.8 Å². The minimum atomic E-state index is -0.199. The van der Waals surface area contributed by atoms with Crippen molar-refractivity contribution in [2.75, 3.05) is 14.7 Å². The fourth-order valence-corrected chi connectivity index (χ4v) is 14.7. The van der Waals surface area contributed by atoms with Crippen LogP contribution in [0.5, 0.6) is 0 Å². The molecule has 8 aromatic carbocycles. The maximum absolute atomic E-state index is 7.50. The molecule has 0 bridgehead atoms. The lowest BCUT2D eigenvalue weighted by molar-refractivity contribution is 0.195. The summed E-state index contributed by atoms with van der Waals surface area (Å²) in [5, 5.41) is 2.30. The Morgan fingerprint density at radius 2 is 0.975 bits per heavy atom. The number of rotatable bonds is 4. The van der Waals surface area contributed by atoms with E-state index in [-0.39, 0.29) is 44.7 Å². The number of hydrogen-bond acceptors (Lipinski definition) is 4. The highest BCUT2D eigenvalue weighted by Gasteiger charge is 2.58. The third-order valence-electron chi connectivity index (χ3n) is 19.8. The Bertz CT molecular complexity index is 4020. The quantitative estimate of drug-likeness (QED) is 0.164. The number of benzene rings is 8. The molecular formula is C76H84BN3O. The van der Waals surface area contributed by atoms with Crippen LogP contribution in [0.1, 0.15) is 177 Å². The first-order chi connectivity index (χ1) is 38.1. The van der Waals surface area contributed by atoms with Crippen LogP contribution in [0.3, 0.4) is 0 Å². The fraction of sp³-hybridized carbons (Fsp3) is 0.368. The van der Waals surface area contributed by atoms with Gasteiger partial charge < -0.3 is 19.1 Å². The molecule has 13 rings (SSSR count). The van der Waals surface area contributed by atoms with Crippen LogP contribution < -0.4 is 31.1 Å². The third kappa shape index (κ3) is 8.19. The molecule has 4 aliphatic rings. The van der Waals surface area contributed by atoms with Gasteiger partial charge in [-0.2, -0.15) is 0 Å². The van der Waals surface area contributed by atoms with E-state index in [0.29, 0.717) is 0 Å². The molecule has 1 aromatic heterocycles. The molecule has 2 unspecified atom stereocenters. The average Bonchev–Trinajstić information content (AvgIpc) is 4.11. The molecule has 1 fully saturated rings. The second-order valence-corrected chi connectivity index (χ2v) is 30.2. The fourth-order valence-electron chi connectivity index (χ4n) is 14.7. The van der Waals surface area contributed by atoms with Gasteiger partial charge in [-0.25, -0.2) is 0 Å². The molecule has 4 nitrogen and oxygen atoms in total. The Morgan fingerprint density at radius 1 is 0.432 bits per heavy atom. The monoisotopic (exact) mass is 1070 g/mol. The maximum Gasteiger partial charge on any atom is 0.252 e. The highest BCUT2D eigenvalue weighted by atomic mass is 16.3. The second kappa shape index (κ2) is 17.8. The first-order valence-corrected chi connectivity index (χ1v) is 30.2. The smallest absolute Gasteiger partial charge is 0.252 e. The van der Waals surface area contributed by atoms with Crippen molar-refractivity contribution >= 4 is 90.5 Å². The van der Waals surface area contributed by atoms with Crippen molar-refractivity contribution in [1.82, 2.24) is 0 Å². The van der Waals surface area contributed by atoms with E-state index in [4.69, 9.17) is 4.42 Å². The van der Waals surface area contributed by atoms with Crippen molar-refractivity contribution < 1.29 is 4.42 Å². The van der Waals surface area contributed by atoms with Gasteiger partial charge in [0.15, 0.2) is 5.58 Å². The Labute approximate surface area is 484 Å². The van der Waals surface area contributed by atoms with E-state index in [9.17, 15) is 0 Å². The topological polar surface area (TPSA) is 22.9 Å². The Balaban J connectivity index is 1.21. The van der Waals surface area contributed by atoms with Crippen LogP contribution in [-0.4, -0.2) is 12.3 Å². The molecule has 0 N–H and O–H groups in total. The van der Waals surface area contributed by atoms with Gasteiger partial charge in [-0.05, 0) is 163 Å². The van der Waals surface area contributed by atoms with E-state index < -0.39 is 0 Å². The van der Waals surface area contributed by atoms with Gasteiger partial charge in [0.1, 0.15) is 5.58 Å². The van der Waals surface area contributed by atoms with Crippen molar-refractivity contribution in [2.45, 2.75) is 181 Å². The predicted molar refractivity (Wildman–Crippen MR) is 349 cm³/mol. The number of hydrogen-bond donors (Lipinski definition) is 0. The van der Waals surface area contributed by atoms with Crippen molar-refractivity contribution in [1.29, 1.82) is 0 Å². The molecule has 3 aliphatic heterocycles. The largest absolute Gasteiger partial charge is 0.454 e. The van der Waals surface area contributed by atoms with Crippen molar-refractivity contribution in [3.8, 4) is 11.1 Å². The van der Waals surface area contributed by atoms with E-state index in [1.54, 1.807) is 0 Å². The lowest BCUT2D eigenvalue weighted by Crippen LogP contribution is -2.61. The van der Waals surface area contributed by atoms with Crippen LogP contribution in [0.25, 0.3) is 33.1 Å². The molecule has 4 heterocycles. The molecule has 0 spiro atoms. The van der Waals surface area contributed by atoms with Crippen LogP contribution in [0.2, 0.25) is 0 Å². The zero-order valence-corrected chi connectivity index (χ0v) is 51.6. The molecule has 0 saturated heterocycles. The summed E-state index contributed by atoms with van der Waals surface area (Å²) in [6.07, 6.45) is 4.67. The highest BCUT2D eigenvalue weighted by Crippen LogP contribution is 2.63. The molecule has 0 amide bonds. The minimum Gasteiger partial charge on any atom is -0.454 e. The van der Waals surface area contributed by atoms with Gasteiger partial charge in [0.2, 0.25) is 0 Å². The summed E-state index contributed by atoms with van der Waals surface area (Å²) in [6.45, 7) is 40.2. The molecule has 81 heavy (non-hydrogen) atoms. The van der Waals surface area contributed by atoms with Gasteiger partial charge in [-0.3, -0.25) is 0 Å². The predicted octanol–water partition coefficient (Wildman–Crippen LogP) is 19.6. The first kappa shape index (κ1) is 53.3. The molecular weight excluding hydrogens is 982 g/mol. The first-order valence-electron chi connectivity index (χ1n) is 30.2. The lowest BCUT2D eigenvalue weighted by Gasteiger charge is -2.51. The van der Waals surface area contributed by atoms with Crippen LogP contribution in [0.4, 0.5) is 45.5 Å². The standard InChI is InChI=1S/C76H84BN3O/c1-70(2,3)48-25-31-53(32-26-48)78-63-37-29-52(74(13,14)15)44-60(63)77-59-34-33-55-57-42-50(72(7,8)9)30-38-66(57)81-69(55)68(59)79(61-35-27-49(71(4,5)6)41-56(61)47-23-19-18-20-24-47)65-46-54(45-64(78)67(65)77)80-62-36-28-51(73(10,11)12)43-58(62)75(16)39-21-22-40-76(75,80)17/h18-20,23-38,41-46H,21-22,39-40H2,1-17H3. The van der Waals surface area contributed by atoms with Crippen molar-refractivity contribution in [3.63, 3.8) is 0 Å². The molecule has 1 aliphatic carbocycles. The number of anilines is 8. The van der Waals surface area contributed by atoms with Crippen molar-refractivity contribution in [2.24, 2.45) is 0 Å². The Kier molecular flexibility index (Phi) is 11.7. The summed E-state index contributed by atoms with van der Waals surface area (Å²) in [5.41, 5.74) is 25.4. The van der Waals surface area contributed by atoms with Crippen molar-refractivity contribution in [3.05, 3.63) is 185 Å². The Hall–Kier alpha value is -6.98. The summed E-state index contributed by atoms with van der Waals surface area (Å²) < 4.78 is 7.50. The van der Waals surface area contributed by atoms with Gasteiger partial charge in [-0.15, -0.1) is 0 Å². The summed E-state index contributed by atoms with van der Waals surface area (Å²) in [4.78, 5) is 8.12. The zero-order chi connectivity index (χ0) is 57.3. The Morgan fingerprint density at radius 3 is 1.62 bits per heavy atom. The molecule has 9 aromatic rings. The van der Waals surface area contributed by atoms with Gasteiger partial charge in [0.25, 0.3) is 6.71 Å². The molecule has 1 saturated carbocycles. The zero-order valence-electron chi connectivity index (χ0n) is 51.6. The van der Waals surface area contributed by atoms with E-state index in [2.05, 4.69) is 284 Å². The SMILES string of the molecule is CC(C)(C)c1ccc(N2c3ccc(C(C)(C)C)cc3B3c4ccc5c(oc6ccc(C(C)(C)C)cc65)c4N(c4ccc(C(C)(C)C)cc4-c4ccccc4)c4cc(N5c6ccc(C(C)(C)C)cc6C6(C)CCCCC56C)cc2c43)cc1. The molecule has 5 heteroatoms. The summed E-state index contributed by atoms with van der Waals surface area (Å²) >= 11 is 0. The van der Waals surface area contributed by atoms with Crippen LogP contribution in [0.15, 0.2) is 156 Å². The van der Waals surface area contributed by atoms with Gasteiger partial charge >= 0.3 is 0 Å². The third-order valence-corrected chi connectivity index (χ3v) is 19.8. The number of fused-ring (bicyclic) bond motifs is 11. The summed E-state index contributed by atoms with van der Waals surface area (Å²) in [6, 6.07) is 59.8. The van der Waals surface area contributed by atoms with Gasteiger partial charge in [-0.1, -0.05) is 215 Å². The molecule has 0 radical (unpaired) electrons. The van der Waals surface area contributed by atoms with E-state index in [1.165, 1.54) is 102 Å². The van der Waals surface area contributed by atoms with Gasteiger partial charge in [0.05, 0.1) is 16.9 Å². The van der Waals surface area contributed by atoms with E-state index in [1.807, 2.05) is 0 Å². The summed E-state index contributed by atoms with van der Waals surface area (Å²) in [7, 11) is 0. The van der Waals surface area contributed by atoms with Crippen LogP contribution >= 0.6 is 0 Å². The average molecular weight is 1070 g/mol. The van der Waals surface area contributed by atoms with Crippen LogP contribution in [-0.2, 0) is 32.5 Å². The van der Waals surface area contributed by atoms with Crippen LogP contribution in [0, 0.1) is 0 Å². The lowest BCUT2D eigenvalue weighted by atomic mass is 9.33. The second-order valence-electron chi connectivity index (χ2n) is 30.2. The maximum atomic E-state index is 7.50. The summed E-state index contributed by atoms with van der Waals surface area (Å²) in [5.74, 6) is 0.